The lowest BCUT2D eigenvalue weighted by Gasteiger charge is -2.07. The molecule has 0 saturated heterocycles. The number of nitrogens with one attached hydrogen (secondary N) is 2. The van der Waals surface area contributed by atoms with Gasteiger partial charge in [0.25, 0.3) is 11.8 Å². The molecule has 0 unspecified atom stereocenters. The van der Waals surface area contributed by atoms with Crippen LogP contribution in [0.2, 0.25) is 5.02 Å². The fourth-order valence-electron chi connectivity index (χ4n) is 2.47. The van der Waals surface area contributed by atoms with E-state index in [1.54, 1.807) is 54.2 Å². The van der Waals surface area contributed by atoms with E-state index in [4.69, 9.17) is 11.6 Å². The summed E-state index contributed by atoms with van der Waals surface area (Å²) in [5, 5.41) is 10.1. The molecule has 8 heteroatoms. The SMILES string of the molecule is Cc1ccc(C(=O)NCCNC(=O)c2cnn(-c3ccc(Cl)cc3)c2)cc1F. The fraction of sp³-hybridized carbons (Fsp3) is 0.150. The molecule has 1 heterocycles. The van der Waals surface area contributed by atoms with E-state index < -0.39 is 11.7 Å². The van der Waals surface area contributed by atoms with Crippen molar-refractivity contribution in [2.45, 2.75) is 6.92 Å². The molecular weight excluding hydrogens is 383 g/mol. The van der Waals surface area contributed by atoms with Gasteiger partial charge >= 0.3 is 0 Å². The Balaban J connectivity index is 1.48. The lowest BCUT2D eigenvalue weighted by Crippen LogP contribution is -2.34. The van der Waals surface area contributed by atoms with Crippen molar-refractivity contribution < 1.29 is 14.0 Å². The third kappa shape index (κ3) is 4.75. The zero-order chi connectivity index (χ0) is 20.1. The van der Waals surface area contributed by atoms with Crippen LogP contribution in [-0.4, -0.2) is 34.7 Å². The van der Waals surface area contributed by atoms with Gasteiger partial charge in [-0.3, -0.25) is 9.59 Å². The summed E-state index contributed by atoms with van der Waals surface area (Å²) in [4.78, 5) is 24.2. The third-order valence-electron chi connectivity index (χ3n) is 4.07. The standard InChI is InChI=1S/C20H18ClFN4O2/c1-13-2-3-14(10-18(13)22)19(27)23-8-9-24-20(28)15-11-25-26(12-15)17-6-4-16(21)5-7-17/h2-7,10-12H,8-9H2,1H3,(H,23,27)(H,24,28). The van der Waals surface area contributed by atoms with Gasteiger partial charge in [-0.15, -0.1) is 0 Å². The first-order valence-electron chi connectivity index (χ1n) is 8.57. The molecule has 2 amide bonds. The summed E-state index contributed by atoms with van der Waals surface area (Å²) < 4.78 is 15.1. The number of benzene rings is 2. The van der Waals surface area contributed by atoms with Gasteiger partial charge in [0.15, 0.2) is 0 Å². The van der Waals surface area contributed by atoms with Gasteiger partial charge in [-0.25, -0.2) is 9.07 Å². The molecule has 28 heavy (non-hydrogen) atoms. The highest BCUT2D eigenvalue weighted by Gasteiger charge is 2.10. The molecule has 144 valence electrons. The van der Waals surface area contributed by atoms with Gasteiger partial charge in [0.1, 0.15) is 5.82 Å². The van der Waals surface area contributed by atoms with E-state index in [-0.39, 0.29) is 24.6 Å². The fourth-order valence-corrected chi connectivity index (χ4v) is 2.59. The normalized spacial score (nSPS) is 10.5. The Morgan fingerprint density at radius 2 is 1.68 bits per heavy atom. The van der Waals surface area contributed by atoms with Crippen molar-refractivity contribution in [3.05, 3.63) is 82.4 Å². The van der Waals surface area contributed by atoms with E-state index in [1.807, 2.05) is 0 Å². The van der Waals surface area contributed by atoms with Crippen molar-refractivity contribution in [2.75, 3.05) is 13.1 Å². The van der Waals surface area contributed by atoms with Crippen LogP contribution in [0.25, 0.3) is 5.69 Å². The largest absolute Gasteiger partial charge is 0.350 e. The molecule has 0 atom stereocenters. The average Bonchev–Trinajstić information content (AvgIpc) is 3.18. The van der Waals surface area contributed by atoms with Gasteiger partial charge in [0.2, 0.25) is 0 Å². The van der Waals surface area contributed by atoms with Crippen molar-refractivity contribution in [2.24, 2.45) is 0 Å². The highest BCUT2D eigenvalue weighted by molar-refractivity contribution is 6.30. The Kier molecular flexibility index (Phi) is 6.06. The summed E-state index contributed by atoms with van der Waals surface area (Å²) in [5.74, 6) is -1.14. The van der Waals surface area contributed by atoms with E-state index in [1.165, 1.54) is 12.3 Å². The van der Waals surface area contributed by atoms with Crippen LogP contribution in [-0.2, 0) is 0 Å². The molecule has 0 aliphatic rings. The smallest absolute Gasteiger partial charge is 0.254 e. The number of rotatable bonds is 6. The minimum atomic E-state index is -0.432. The predicted octanol–water partition coefficient (Wildman–Crippen LogP) is 3.13. The van der Waals surface area contributed by atoms with Crippen LogP contribution in [0.1, 0.15) is 26.3 Å². The first-order chi connectivity index (χ1) is 13.4. The molecular formula is C20H18ClFN4O2. The van der Waals surface area contributed by atoms with Crippen molar-refractivity contribution in [3.63, 3.8) is 0 Å². The van der Waals surface area contributed by atoms with Gasteiger partial charge in [0.05, 0.1) is 17.4 Å². The number of carbonyl (C=O) groups excluding carboxylic acids is 2. The number of hydrogen-bond acceptors (Lipinski definition) is 3. The second kappa shape index (κ2) is 8.67. The van der Waals surface area contributed by atoms with Gasteiger partial charge in [-0.2, -0.15) is 5.10 Å². The van der Waals surface area contributed by atoms with E-state index in [9.17, 15) is 14.0 Å². The Hall–Kier alpha value is -3.19. The summed E-state index contributed by atoms with van der Waals surface area (Å²) in [5.41, 5.74) is 1.88. The highest BCUT2D eigenvalue weighted by atomic mass is 35.5. The topological polar surface area (TPSA) is 76.0 Å². The van der Waals surface area contributed by atoms with Crippen LogP contribution in [0, 0.1) is 12.7 Å². The minimum absolute atomic E-state index is 0.214. The van der Waals surface area contributed by atoms with Crippen LogP contribution in [0.5, 0.6) is 0 Å². The highest BCUT2D eigenvalue weighted by Crippen LogP contribution is 2.13. The van der Waals surface area contributed by atoms with Crippen molar-refractivity contribution in [1.82, 2.24) is 20.4 Å². The quantitative estimate of drug-likeness (QED) is 0.624. The second-order valence-electron chi connectivity index (χ2n) is 6.13. The Morgan fingerprint density at radius 1 is 1.04 bits per heavy atom. The molecule has 0 aliphatic heterocycles. The predicted molar refractivity (Wildman–Crippen MR) is 104 cm³/mol. The summed E-state index contributed by atoms with van der Waals surface area (Å²) in [6.07, 6.45) is 3.06. The lowest BCUT2D eigenvalue weighted by molar-refractivity contribution is 0.0927. The van der Waals surface area contributed by atoms with E-state index in [0.29, 0.717) is 16.1 Å². The average molecular weight is 401 g/mol. The van der Waals surface area contributed by atoms with Crippen LogP contribution >= 0.6 is 11.6 Å². The van der Waals surface area contributed by atoms with Gasteiger partial charge in [0, 0.05) is 29.9 Å². The maximum atomic E-state index is 13.5. The molecule has 0 fully saturated rings. The number of halogens is 2. The van der Waals surface area contributed by atoms with Crippen LogP contribution in [0.3, 0.4) is 0 Å². The number of nitrogens with zero attached hydrogens (tertiary/aromatic N) is 2. The summed E-state index contributed by atoms with van der Waals surface area (Å²) in [7, 11) is 0. The lowest BCUT2D eigenvalue weighted by atomic mass is 10.1. The number of amides is 2. The molecule has 2 N–H and O–H groups in total. The Bertz CT molecular complexity index is 1000. The Labute approximate surface area is 166 Å². The summed E-state index contributed by atoms with van der Waals surface area (Å²) in [6.45, 7) is 2.07. The van der Waals surface area contributed by atoms with Crippen LogP contribution in [0.15, 0.2) is 54.9 Å². The monoisotopic (exact) mass is 400 g/mol. The first-order valence-corrected chi connectivity index (χ1v) is 8.95. The molecule has 0 bridgehead atoms. The molecule has 3 rings (SSSR count). The van der Waals surface area contributed by atoms with E-state index in [2.05, 4.69) is 15.7 Å². The van der Waals surface area contributed by atoms with Crippen molar-refractivity contribution in [3.8, 4) is 5.69 Å². The third-order valence-corrected chi connectivity index (χ3v) is 4.32. The van der Waals surface area contributed by atoms with Gasteiger partial charge in [-0.1, -0.05) is 17.7 Å². The van der Waals surface area contributed by atoms with Crippen molar-refractivity contribution in [1.29, 1.82) is 0 Å². The number of aromatic nitrogens is 2. The molecule has 1 aromatic heterocycles. The zero-order valence-electron chi connectivity index (χ0n) is 15.1. The molecule has 0 aliphatic carbocycles. The van der Waals surface area contributed by atoms with E-state index in [0.717, 1.165) is 5.69 Å². The van der Waals surface area contributed by atoms with E-state index >= 15 is 0 Å². The molecule has 0 radical (unpaired) electrons. The van der Waals surface area contributed by atoms with Crippen LogP contribution in [0.4, 0.5) is 4.39 Å². The van der Waals surface area contributed by atoms with Crippen molar-refractivity contribution >= 4 is 23.4 Å². The maximum Gasteiger partial charge on any atom is 0.254 e. The first kappa shape index (κ1) is 19.6. The number of hydrogen-bond donors (Lipinski definition) is 2. The molecule has 3 aromatic rings. The number of carbonyl (C=O) groups is 2. The van der Waals surface area contributed by atoms with Gasteiger partial charge in [-0.05, 0) is 48.9 Å². The number of aryl methyl sites for hydroxylation is 1. The van der Waals surface area contributed by atoms with Gasteiger partial charge < -0.3 is 10.6 Å². The maximum absolute atomic E-state index is 13.5. The Morgan fingerprint density at radius 3 is 2.32 bits per heavy atom. The molecule has 2 aromatic carbocycles. The second-order valence-corrected chi connectivity index (χ2v) is 6.56. The summed E-state index contributed by atoms with van der Waals surface area (Å²) >= 11 is 5.86. The van der Waals surface area contributed by atoms with Crippen LogP contribution < -0.4 is 10.6 Å². The summed E-state index contributed by atoms with van der Waals surface area (Å²) in [6, 6.07) is 11.3. The molecule has 0 spiro atoms. The zero-order valence-corrected chi connectivity index (χ0v) is 15.8. The molecule has 0 saturated carbocycles. The molecule has 6 nitrogen and oxygen atoms in total. The minimum Gasteiger partial charge on any atom is -0.350 e.